The zero-order valence-corrected chi connectivity index (χ0v) is 10.8. The van der Waals surface area contributed by atoms with Gasteiger partial charge in [-0.2, -0.15) is 0 Å². The maximum Gasteiger partial charge on any atom is 0.267 e. The number of hydrogen-bond acceptors (Lipinski definition) is 3. The normalized spacial score (nSPS) is 43.4. The number of thiocarbonyl (C=S) groups is 1. The third-order valence-corrected chi connectivity index (χ3v) is 5.46. The van der Waals surface area contributed by atoms with Gasteiger partial charge in [0.05, 0.1) is 5.54 Å². The number of fused-ring (bicyclic) bond motifs is 1. The van der Waals surface area contributed by atoms with Crippen molar-refractivity contribution in [2.24, 2.45) is 11.3 Å². The Bertz CT molecular complexity index is 392. The second kappa shape index (κ2) is 2.78. The van der Waals surface area contributed by atoms with Crippen LogP contribution < -0.4 is 0 Å². The predicted molar refractivity (Wildman–Crippen MR) is 63.8 cm³/mol. The minimum Gasteiger partial charge on any atom is -0.465 e. The van der Waals surface area contributed by atoms with Crippen LogP contribution in [0.1, 0.15) is 40.0 Å². The summed E-state index contributed by atoms with van der Waals surface area (Å²) in [6.45, 7) is 6.12. The zero-order chi connectivity index (χ0) is 11.7. The van der Waals surface area contributed by atoms with Gasteiger partial charge < -0.3 is 4.74 Å². The molecule has 3 aliphatic rings. The van der Waals surface area contributed by atoms with Gasteiger partial charge in [-0.05, 0) is 42.8 Å². The Morgan fingerprint density at radius 1 is 1.56 bits per heavy atom. The van der Waals surface area contributed by atoms with Crippen molar-refractivity contribution < 1.29 is 9.53 Å². The van der Waals surface area contributed by atoms with E-state index in [0.717, 1.165) is 12.8 Å². The van der Waals surface area contributed by atoms with Crippen LogP contribution in [-0.2, 0) is 9.53 Å². The summed E-state index contributed by atoms with van der Waals surface area (Å²) in [6.07, 6.45) is 3.42. The van der Waals surface area contributed by atoms with Crippen LogP contribution in [0.3, 0.4) is 0 Å². The molecule has 1 heterocycles. The smallest absolute Gasteiger partial charge is 0.267 e. The van der Waals surface area contributed by atoms with Crippen molar-refractivity contribution >= 4 is 23.3 Å². The van der Waals surface area contributed by atoms with Gasteiger partial charge in [-0.15, -0.1) is 0 Å². The van der Waals surface area contributed by atoms with Gasteiger partial charge in [0.25, 0.3) is 5.17 Å². The average Bonchev–Trinajstić information content (AvgIpc) is 2.67. The van der Waals surface area contributed by atoms with Gasteiger partial charge in [-0.25, -0.2) is 0 Å². The Morgan fingerprint density at radius 2 is 2.25 bits per heavy atom. The first-order valence-electron chi connectivity index (χ1n) is 5.92. The molecule has 3 unspecified atom stereocenters. The minimum atomic E-state index is -0.152. The van der Waals surface area contributed by atoms with Crippen molar-refractivity contribution in [2.75, 3.05) is 0 Å². The number of nitrogens with zero attached hydrogens (tertiary/aromatic N) is 1. The number of ether oxygens (including phenoxy) is 1. The van der Waals surface area contributed by atoms with Crippen molar-refractivity contribution in [3.05, 3.63) is 0 Å². The fourth-order valence-electron chi connectivity index (χ4n) is 4.31. The standard InChI is InChI=1S/C12H17NO2S/c1-7(14)13-10(16)15-9-6-8-4-5-12(9,13)11(8,2)3/h8-9H,4-6H2,1-3H3. The van der Waals surface area contributed by atoms with E-state index in [4.69, 9.17) is 17.0 Å². The highest BCUT2D eigenvalue weighted by molar-refractivity contribution is 7.80. The number of hydrogen-bond donors (Lipinski definition) is 0. The molecule has 3 nitrogen and oxygen atoms in total. The molecule has 4 heteroatoms. The molecule has 3 rings (SSSR count). The van der Waals surface area contributed by atoms with Crippen molar-refractivity contribution in [1.29, 1.82) is 0 Å². The average molecular weight is 239 g/mol. The summed E-state index contributed by atoms with van der Waals surface area (Å²) in [6, 6.07) is 0. The summed E-state index contributed by atoms with van der Waals surface area (Å²) < 4.78 is 5.76. The summed E-state index contributed by atoms with van der Waals surface area (Å²) in [5, 5.41) is 0.394. The molecule has 1 amide bonds. The lowest BCUT2D eigenvalue weighted by Gasteiger charge is -2.41. The molecular formula is C12H17NO2S. The second-order valence-electron chi connectivity index (χ2n) is 5.84. The first kappa shape index (κ1) is 10.5. The van der Waals surface area contributed by atoms with E-state index in [0.29, 0.717) is 11.1 Å². The van der Waals surface area contributed by atoms with E-state index in [9.17, 15) is 4.79 Å². The summed E-state index contributed by atoms with van der Waals surface area (Å²) in [7, 11) is 0. The summed E-state index contributed by atoms with van der Waals surface area (Å²) in [5.74, 6) is 0.700. The lowest BCUT2D eigenvalue weighted by molar-refractivity contribution is -0.131. The van der Waals surface area contributed by atoms with Crippen molar-refractivity contribution in [3.8, 4) is 0 Å². The largest absolute Gasteiger partial charge is 0.465 e. The highest BCUT2D eigenvalue weighted by Crippen LogP contribution is 2.65. The van der Waals surface area contributed by atoms with Crippen molar-refractivity contribution in [3.63, 3.8) is 0 Å². The molecule has 88 valence electrons. The lowest BCUT2D eigenvalue weighted by atomic mass is 9.74. The van der Waals surface area contributed by atoms with Crippen molar-refractivity contribution in [2.45, 2.75) is 51.7 Å². The summed E-state index contributed by atoms with van der Waals surface area (Å²) in [5.41, 5.74) is -0.0233. The second-order valence-corrected chi connectivity index (χ2v) is 6.19. The van der Waals surface area contributed by atoms with Gasteiger partial charge in [0, 0.05) is 6.92 Å². The van der Waals surface area contributed by atoms with E-state index < -0.39 is 0 Å². The van der Waals surface area contributed by atoms with Crippen LogP contribution in [0.5, 0.6) is 0 Å². The molecule has 0 aromatic carbocycles. The Morgan fingerprint density at radius 3 is 2.81 bits per heavy atom. The molecule has 3 atom stereocenters. The van der Waals surface area contributed by atoms with Crippen molar-refractivity contribution in [1.82, 2.24) is 4.90 Å². The summed E-state index contributed by atoms with van der Waals surface area (Å²) >= 11 is 5.21. The summed E-state index contributed by atoms with van der Waals surface area (Å²) in [4.78, 5) is 13.6. The topological polar surface area (TPSA) is 29.5 Å². The fraction of sp³-hybridized carbons (Fsp3) is 0.833. The molecule has 1 spiro atoms. The van der Waals surface area contributed by atoms with Crippen LogP contribution >= 0.6 is 12.2 Å². The zero-order valence-electron chi connectivity index (χ0n) is 9.95. The monoisotopic (exact) mass is 239 g/mol. The molecule has 2 aliphatic carbocycles. The maximum atomic E-state index is 11.8. The molecular weight excluding hydrogens is 222 g/mol. The molecule has 16 heavy (non-hydrogen) atoms. The van der Waals surface area contributed by atoms with Gasteiger partial charge in [0.1, 0.15) is 6.10 Å². The Balaban J connectivity index is 2.15. The predicted octanol–water partition coefficient (Wildman–Crippen LogP) is 2.10. The molecule has 1 saturated heterocycles. The van der Waals surface area contributed by atoms with Crippen LogP contribution in [0.25, 0.3) is 0 Å². The van der Waals surface area contributed by atoms with E-state index in [1.54, 1.807) is 11.8 Å². The molecule has 0 aromatic rings. The van der Waals surface area contributed by atoms with Gasteiger partial charge in [-0.1, -0.05) is 13.8 Å². The number of carbonyl (C=O) groups excluding carboxylic acids is 1. The molecule has 3 fully saturated rings. The number of carbonyl (C=O) groups is 1. The molecule has 2 saturated carbocycles. The van der Waals surface area contributed by atoms with E-state index in [1.165, 1.54) is 6.42 Å². The van der Waals surface area contributed by atoms with Crippen LogP contribution in [0.15, 0.2) is 0 Å². The van der Waals surface area contributed by atoms with Crippen LogP contribution in [0.4, 0.5) is 0 Å². The number of rotatable bonds is 0. The number of amides is 1. The molecule has 0 radical (unpaired) electrons. The van der Waals surface area contributed by atoms with Crippen LogP contribution in [-0.4, -0.2) is 27.6 Å². The first-order chi connectivity index (χ1) is 7.41. The minimum absolute atomic E-state index is 0.0307. The highest BCUT2D eigenvalue weighted by atomic mass is 32.1. The Kier molecular flexibility index (Phi) is 1.83. The van der Waals surface area contributed by atoms with E-state index in [-0.39, 0.29) is 23.0 Å². The molecule has 0 aromatic heterocycles. The molecule has 0 N–H and O–H groups in total. The molecule has 1 aliphatic heterocycles. The SMILES string of the molecule is CC(=O)N1C(=S)OC2CC3CCC21C3(C)C. The van der Waals surface area contributed by atoms with E-state index >= 15 is 0 Å². The fourth-order valence-corrected chi connectivity index (χ4v) is 4.72. The van der Waals surface area contributed by atoms with Gasteiger partial charge in [0.2, 0.25) is 5.91 Å². The third kappa shape index (κ3) is 0.873. The first-order valence-corrected chi connectivity index (χ1v) is 6.33. The van der Waals surface area contributed by atoms with Gasteiger partial charge in [0.15, 0.2) is 0 Å². The quantitative estimate of drug-likeness (QED) is 0.606. The third-order valence-electron chi connectivity index (χ3n) is 5.18. The maximum absolute atomic E-state index is 11.8. The Labute approximate surface area is 101 Å². The van der Waals surface area contributed by atoms with Crippen LogP contribution in [0, 0.1) is 11.3 Å². The molecule has 2 bridgehead atoms. The van der Waals surface area contributed by atoms with E-state index in [1.807, 2.05) is 0 Å². The van der Waals surface area contributed by atoms with Crippen LogP contribution in [0.2, 0.25) is 0 Å². The van der Waals surface area contributed by atoms with Gasteiger partial charge >= 0.3 is 0 Å². The van der Waals surface area contributed by atoms with E-state index in [2.05, 4.69) is 13.8 Å². The highest BCUT2D eigenvalue weighted by Gasteiger charge is 2.72. The Hall–Kier alpha value is -0.640. The van der Waals surface area contributed by atoms with Gasteiger partial charge in [-0.3, -0.25) is 9.69 Å². The lowest BCUT2D eigenvalue weighted by Crippen LogP contribution is -2.56.